The van der Waals surface area contributed by atoms with Gasteiger partial charge in [0.25, 0.3) is 0 Å². The van der Waals surface area contributed by atoms with Crippen LogP contribution >= 0.6 is 17.0 Å². The Morgan fingerprint density at radius 2 is 2.33 bits per heavy atom. The van der Waals surface area contributed by atoms with Crippen LogP contribution in [-0.4, -0.2) is 17.5 Å². The highest BCUT2D eigenvalue weighted by molar-refractivity contribution is 8.93. The van der Waals surface area contributed by atoms with Gasteiger partial charge in [-0.15, -0.1) is 17.0 Å². The van der Waals surface area contributed by atoms with Gasteiger partial charge in [0, 0.05) is 6.42 Å². The van der Waals surface area contributed by atoms with Gasteiger partial charge in [-0.3, -0.25) is 0 Å². The van der Waals surface area contributed by atoms with Crippen molar-refractivity contribution in [2.75, 3.05) is 0 Å². The Morgan fingerprint density at radius 3 is 2.44 bits per heavy atom. The van der Waals surface area contributed by atoms with Crippen LogP contribution in [0.4, 0.5) is 4.79 Å². The van der Waals surface area contributed by atoms with Crippen LogP contribution in [0.3, 0.4) is 0 Å². The monoisotopic (exact) mass is 199 g/mol. The summed E-state index contributed by atoms with van der Waals surface area (Å²) in [6, 6.07) is 0. The molecule has 0 aromatic rings. The number of ether oxygens (including phenoxy) is 1. The Kier molecular flexibility index (Phi) is 7.46. The second-order valence-electron chi connectivity index (χ2n) is 1.30. The molecule has 1 amide bonds. The highest BCUT2D eigenvalue weighted by Gasteiger charge is 2.01. The van der Waals surface area contributed by atoms with Crippen molar-refractivity contribution in [2.45, 2.75) is 19.6 Å². The average Bonchev–Trinajstić information content (AvgIpc) is 1.65. The van der Waals surface area contributed by atoms with Crippen LogP contribution < -0.4 is 5.73 Å². The molecule has 0 aliphatic carbocycles. The molecule has 0 rings (SSSR count). The molecule has 4 nitrogen and oxygen atoms in total. The van der Waals surface area contributed by atoms with E-state index >= 15 is 0 Å². The summed E-state index contributed by atoms with van der Waals surface area (Å²) in [7, 11) is 0. The first-order chi connectivity index (χ1) is 3.66. The summed E-state index contributed by atoms with van der Waals surface area (Å²) in [5, 5.41) is 8.51. The molecule has 0 aromatic heterocycles. The van der Waals surface area contributed by atoms with Gasteiger partial charge in [0.1, 0.15) is 0 Å². The van der Waals surface area contributed by atoms with Gasteiger partial charge >= 0.3 is 6.09 Å². The van der Waals surface area contributed by atoms with Crippen LogP contribution in [0.25, 0.3) is 0 Å². The van der Waals surface area contributed by atoms with Crippen molar-refractivity contribution in [1.29, 1.82) is 0 Å². The molecule has 0 saturated carbocycles. The van der Waals surface area contributed by atoms with Gasteiger partial charge in [0.05, 0.1) is 0 Å². The zero-order valence-electron chi connectivity index (χ0n) is 5.03. The summed E-state index contributed by atoms with van der Waals surface area (Å²) in [5.74, 6) is 0. The van der Waals surface area contributed by atoms with E-state index in [0.717, 1.165) is 0 Å². The fourth-order valence-electron chi connectivity index (χ4n) is 0.217. The molecule has 0 heterocycles. The van der Waals surface area contributed by atoms with Crippen molar-refractivity contribution >= 4 is 23.1 Å². The zero-order valence-corrected chi connectivity index (χ0v) is 6.75. The molecule has 56 valence electrons. The molecular formula is C4H10BrNO3. The predicted octanol–water partition coefficient (Wildman–Crippen LogP) is 0.388. The molecule has 9 heavy (non-hydrogen) atoms. The SMILES string of the molecule is Br.CCC(O)OC(N)=O. The Bertz CT molecular complexity index is 87.9. The fourth-order valence-corrected chi connectivity index (χ4v) is 0.217. The van der Waals surface area contributed by atoms with Crippen LogP contribution in [0, 0.1) is 0 Å². The summed E-state index contributed by atoms with van der Waals surface area (Å²) in [4.78, 5) is 9.81. The number of amides is 1. The van der Waals surface area contributed by atoms with Crippen molar-refractivity contribution in [3.63, 3.8) is 0 Å². The minimum Gasteiger partial charge on any atom is -0.420 e. The van der Waals surface area contributed by atoms with Crippen molar-refractivity contribution < 1.29 is 14.6 Å². The topological polar surface area (TPSA) is 72.6 Å². The van der Waals surface area contributed by atoms with E-state index in [2.05, 4.69) is 10.5 Å². The van der Waals surface area contributed by atoms with E-state index in [0.29, 0.717) is 6.42 Å². The maximum Gasteiger partial charge on any atom is 0.406 e. The number of halogens is 1. The van der Waals surface area contributed by atoms with Crippen LogP contribution in [0.2, 0.25) is 0 Å². The Hall–Kier alpha value is -0.290. The van der Waals surface area contributed by atoms with E-state index in [4.69, 9.17) is 5.11 Å². The number of aliphatic hydroxyl groups excluding tert-OH is 1. The van der Waals surface area contributed by atoms with E-state index < -0.39 is 12.4 Å². The van der Waals surface area contributed by atoms with Gasteiger partial charge in [0.15, 0.2) is 0 Å². The molecule has 1 unspecified atom stereocenters. The number of primary amides is 1. The zero-order chi connectivity index (χ0) is 6.57. The highest BCUT2D eigenvalue weighted by Crippen LogP contribution is 1.89. The van der Waals surface area contributed by atoms with Gasteiger partial charge in [-0.25, -0.2) is 4.79 Å². The molecule has 0 fully saturated rings. The fraction of sp³-hybridized carbons (Fsp3) is 0.750. The van der Waals surface area contributed by atoms with E-state index in [-0.39, 0.29) is 17.0 Å². The molecule has 0 bridgehead atoms. The van der Waals surface area contributed by atoms with Crippen molar-refractivity contribution in [3.05, 3.63) is 0 Å². The van der Waals surface area contributed by atoms with Gasteiger partial charge in [-0.05, 0) is 0 Å². The van der Waals surface area contributed by atoms with E-state index in [9.17, 15) is 4.79 Å². The first-order valence-electron chi connectivity index (χ1n) is 2.31. The lowest BCUT2D eigenvalue weighted by molar-refractivity contribution is -0.0497. The number of rotatable bonds is 2. The predicted molar refractivity (Wildman–Crippen MR) is 37.3 cm³/mol. The lowest BCUT2D eigenvalue weighted by atomic mass is 10.5. The molecule has 0 saturated heterocycles. The second-order valence-corrected chi connectivity index (χ2v) is 1.30. The molecule has 0 aliphatic heterocycles. The third-order valence-electron chi connectivity index (χ3n) is 0.601. The number of carbonyl (C=O) groups excluding carboxylic acids is 1. The minimum absolute atomic E-state index is 0. The van der Waals surface area contributed by atoms with Crippen molar-refractivity contribution in [1.82, 2.24) is 0 Å². The molecule has 0 spiro atoms. The summed E-state index contributed by atoms with van der Waals surface area (Å²) in [6.07, 6.45) is -1.63. The first-order valence-corrected chi connectivity index (χ1v) is 2.31. The number of hydrogen-bond donors (Lipinski definition) is 2. The van der Waals surface area contributed by atoms with Gasteiger partial charge in [-0.1, -0.05) is 6.92 Å². The molecule has 5 heteroatoms. The molecule has 0 radical (unpaired) electrons. The average molecular weight is 200 g/mol. The van der Waals surface area contributed by atoms with Crippen LogP contribution in [-0.2, 0) is 4.74 Å². The molecule has 0 aliphatic rings. The standard InChI is InChI=1S/C4H9NO3.BrH/c1-2-3(6)8-4(5)7;/h3,6H,2H2,1H3,(H2,5,7);1H. The lowest BCUT2D eigenvalue weighted by Crippen LogP contribution is -2.21. The maximum atomic E-state index is 9.81. The molecule has 3 N–H and O–H groups in total. The minimum atomic E-state index is -1.05. The molecule has 1 atom stereocenters. The van der Waals surface area contributed by atoms with Crippen molar-refractivity contribution in [3.8, 4) is 0 Å². The smallest absolute Gasteiger partial charge is 0.406 e. The second kappa shape index (κ2) is 5.84. The largest absolute Gasteiger partial charge is 0.420 e. The Morgan fingerprint density at radius 1 is 1.89 bits per heavy atom. The highest BCUT2D eigenvalue weighted by atomic mass is 79.9. The Balaban J connectivity index is 0. The normalized spacial score (nSPS) is 11.3. The lowest BCUT2D eigenvalue weighted by Gasteiger charge is -2.04. The Labute approximate surface area is 63.8 Å². The molecule has 0 aromatic carbocycles. The first kappa shape index (κ1) is 11.5. The van der Waals surface area contributed by atoms with Gasteiger partial charge in [0.2, 0.25) is 6.29 Å². The summed E-state index contributed by atoms with van der Waals surface area (Å²) >= 11 is 0. The van der Waals surface area contributed by atoms with Gasteiger partial charge < -0.3 is 15.6 Å². The summed E-state index contributed by atoms with van der Waals surface area (Å²) in [5.41, 5.74) is 4.55. The van der Waals surface area contributed by atoms with Crippen molar-refractivity contribution in [2.24, 2.45) is 5.73 Å². The van der Waals surface area contributed by atoms with Crippen LogP contribution in [0.15, 0.2) is 0 Å². The quantitative estimate of drug-likeness (QED) is 0.633. The number of aliphatic hydroxyl groups is 1. The van der Waals surface area contributed by atoms with Gasteiger partial charge in [-0.2, -0.15) is 0 Å². The summed E-state index contributed by atoms with van der Waals surface area (Å²) < 4.78 is 4.09. The number of hydrogen-bond acceptors (Lipinski definition) is 3. The van der Waals surface area contributed by atoms with E-state index in [1.54, 1.807) is 6.92 Å². The summed E-state index contributed by atoms with van der Waals surface area (Å²) in [6.45, 7) is 1.67. The third kappa shape index (κ3) is 7.71. The van der Waals surface area contributed by atoms with E-state index in [1.807, 2.05) is 0 Å². The third-order valence-corrected chi connectivity index (χ3v) is 0.601. The molecular weight excluding hydrogens is 190 g/mol. The van der Waals surface area contributed by atoms with Crippen LogP contribution in [0.1, 0.15) is 13.3 Å². The number of carbonyl (C=O) groups is 1. The van der Waals surface area contributed by atoms with Crippen LogP contribution in [0.5, 0.6) is 0 Å². The maximum absolute atomic E-state index is 9.81. The van der Waals surface area contributed by atoms with E-state index in [1.165, 1.54) is 0 Å². The number of nitrogens with two attached hydrogens (primary N) is 1.